The van der Waals surface area contributed by atoms with Crippen LogP contribution in [0, 0.1) is 0 Å². The normalized spacial score (nSPS) is 15.2. The first-order chi connectivity index (χ1) is 17.7. The molecule has 0 spiro atoms. The zero-order valence-corrected chi connectivity index (χ0v) is 22.0. The summed E-state index contributed by atoms with van der Waals surface area (Å²) in [6, 6.07) is 20.4. The maximum absolute atomic E-state index is 13.2. The van der Waals surface area contributed by atoms with E-state index in [1.807, 2.05) is 42.3 Å². The summed E-state index contributed by atoms with van der Waals surface area (Å²) in [7, 11) is -1.96. The second-order valence-corrected chi connectivity index (χ2v) is 11.1. The zero-order valence-electron chi connectivity index (χ0n) is 20.4. The summed E-state index contributed by atoms with van der Waals surface area (Å²) >= 11 is 5.89. The Labute approximate surface area is 222 Å². The van der Waals surface area contributed by atoms with Crippen molar-refractivity contribution in [2.75, 3.05) is 38.5 Å². The lowest BCUT2D eigenvalue weighted by atomic mass is 10.1. The Bertz CT molecular complexity index is 1330. The fourth-order valence-electron chi connectivity index (χ4n) is 4.02. The number of likely N-dealkylation sites (N-methyl/N-ethyl adjacent to an activating group) is 1. The van der Waals surface area contributed by atoms with Gasteiger partial charge in [-0.3, -0.25) is 9.59 Å². The van der Waals surface area contributed by atoms with E-state index >= 15 is 0 Å². The fraction of sp³-hybridized carbons (Fsp3) is 0.259. The van der Waals surface area contributed by atoms with Gasteiger partial charge in [-0.05, 0) is 67.6 Å². The van der Waals surface area contributed by atoms with Gasteiger partial charge in [0, 0.05) is 42.5 Å². The third-order valence-corrected chi connectivity index (χ3v) is 7.95. The Balaban J connectivity index is 1.48. The van der Waals surface area contributed by atoms with Crippen LogP contribution in [0.4, 0.5) is 5.69 Å². The number of nitrogens with one attached hydrogen (secondary N) is 2. The number of hydrogen-bond acceptors (Lipinski definition) is 5. The van der Waals surface area contributed by atoms with E-state index in [2.05, 4.69) is 14.9 Å². The predicted molar refractivity (Wildman–Crippen MR) is 144 cm³/mol. The number of carbonyl (C=O) groups excluding carboxylic acids is 2. The van der Waals surface area contributed by atoms with Crippen molar-refractivity contribution in [3.8, 4) is 0 Å². The van der Waals surface area contributed by atoms with Crippen LogP contribution in [0.3, 0.4) is 0 Å². The molecule has 2 amide bonds. The molecule has 0 bridgehead atoms. The lowest BCUT2D eigenvalue weighted by Gasteiger charge is -2.32. The highest BCUT2D eigenvalue weighted by molar-refractivity contribution is 7.89. The summed E-state index contributed by atoms with van der Waals surface area (Å²) in [6.45, 7) is 2.99. The van der Waals surface area contributed by atoms with Crippen molar-refractivity contribution in [3.63, 3.8) is 0 Å². The molecule has 0 saturated carbocycles. The van der Waals surface area contributed by atoms with Crippen molar-refractivity contribution in [1.82, 2.24) is 14.5 Å². The lowest BCUT2D eigenvalue weighted by Crippen LogP contribution is -2.47. The summed E-state index contributed by atoms with van der Waals surface area (Å²) in [5.41, 5.74) is 1.80. The maximum atomic E-state index is 13.2. The number of hydrogen-bond donors (Lipinski definition) is 2. The summed E-state index contributed by atoms with van der Waals surface area (Å²) in [4.78, 5) is 30.0. The highest BCUT2D eigenvalue weighted by Gasteiger charge is 2.27. The predicted octanol–water partition coefficient (Wildman–Crippen LogP) is 3.26. The first-order valence-corrected chi connectivity index (χ1v) is 13.8. The van der Waals surface area contributed by atoms with E-state index in [0.29, 0.717) is 29.4 Å². The Morgan fingerprint density at radius 3 is 2.14 bits per heavy atom. The average molecular weight is 541 g/mol. The maximum Gasteiger partial charge on any atom is 0.253 e. The molecule has 1 aliphatic rings. The standard InChI is InChI=1S/C27H29ClN4O4S/c1-31-15-17-32(18-16-31)27(34)21-7-11-23(12-8-21)29-26(33)25(19-20-5-3-2-4-6-20)30-37(35,36)24-13-9-22(28)10-14-24/h2-14,25,30H,15-19H2,1H3,(H,29,33)/t25-/m1/s1. The smallest absolute Gasteiger partial charge is 0.253 e. The number of benzene rings is 3. The van der Waals surface area contributed by atoms with E-state index in [9.17, 15) is 18.0 Å². The van der Waals surface area contributed by atoms with Crippen LogP contribution in [-0.2, 0) is 21.2 Å². The molecule has 0 aliphatic carbocycles. The number of amides is 2. The van der Waals surface area contributed by atoms with Crippen molar-refractivity contribution in [2.24, 2.45) is 0 Å². The number of nitrogens with zero attached hydrogens (tertiary/aromatic N) is 2. The van der Waals surface area contributed by atoms with Crippen LogP contribution in [0.25, 0.3) is 0 Å². The Kier molecular flexibility index (Phi) is 8.60. The average Bonchev–Trinajstić information content (AvgIpc) is 2.89. The van der Waals surface area contributed by atoms with Gasteiger partial charge in [0.2, 0.25) is 15.9 Å². The van der Waals surface area contributed by atoms with Gasteiger partial charge in [-0.2, -0.15) is 4.72 Å². The van der Waals surface area contributed by atoms with Gasteiger partial charge >= 0.3 is 0 Å². The first-order valence-electron chi connectivity index (χ1n) is 11.9. The summed E-state index contributed by atoms with van der Waals surface area (Å²) in [5.74, 6) is -0.566. The number of piperazine rings is 1. The van der Waals surface area contributed by atoms with Gasteiger partial charge in [0.25, 0.3) is 5.91 Å². The van der Waals surface area contributed by atoms with Crippen molar-refractivity contribution < 1.29 is 18.0 Å². The van der Waals surface area contributed by atoms with E-state index < -0.39 is 22.0 Å². The molecule has 1 saturated heterocycles. The minimum Gasteiger partial charge on any atom is -0.336 e. The second kappa shape index (κ2) is 11.9. The van der Waals surface area contributed by atoms with E-state index in [1.165, 1.54) is 24.3 Å². The van der Waals surface area contributed by atoms with Crippen LogP contribution in [-0.4, -0.2) is 69.3 Å². The van der Waals surface area contributed by atoms with Crippen molar-refractivity contribution in [1.29, 1.82) is 0 Å². The highest BCUT2D eigenvalue weighted by atomic mass is 35.5. The molecule has 3 aromatic carbocycles. The topological polar surface area (TPSA) is 98.8 Å². The fourth-order valence-corrected chi connectivity index (χ4v) is 5.35. The molecule has 4 rings (SSSR count). The molecule has 0 aromatic heterocycles. The number of anilines is 1. The molecule has 37 heavy (non-hydrogen) atoms. The lowest BCUT2D eigenvalue weighted by molar-refractivity contribution is -0.117. The molecule has 1 fully saturated rings. The molecule has 1 aliphatic heterocycles. The van der Waals surface area contributed by atoms with Crippen LogP contribution < -0.4 is 10.0 Å². The molecule has 194 valence electrons. The molecule has 0 radical (unpaired) electrons. The number of rotatable bonds is 8. The molecular weight excluding hydrogens is 512 g/mol. The van der Waals surface area contributed by atoms with Crippen molar-refractivity contribution in [3.05, 3.63) is 95.0 Å². The minimum atomic E-state index is -3.99. The van der Waals surface area contributed by atoms with Gasteiger partial charge in [0.15, 0.2) is 0 Å². The van der Waals surface area contributed by atoms with E-state index in [4.69, 9.17) is 11.6 Å². The molecule has 10 heteroatoms. The van der Waals surface area contributed by atoms with Gasteiger partial charge in [0.05, 0.1) is 4.90 Å². The van der Waals surface area contributed by atoms with Crippen molar-refractivity contribution >= 4 is 39.1 Å². The Morgan fingerprint density at radius 1 is 0.892 bits per heavy atom. The largest absolute Gasteiger partial charge is 0.336 e. The summed E-state index contributed by atoms with van der Waals surface area (Å²) in [5, 5.41) is 3.19. The molecule has 8 nitrogen and oxygen atoms in total. The van der Waals surface area contributed by atoms with E-state index in [-0.39, 0.29) is 17.2 Å². The Morgan fingerprint density at radius 2 is 1.51 bits per heavy atom. The molecule has 1 heterocycles. The van der Waals surface area contributed by atoms with E-state index in [0.717, 1.165) is 18.7 Å². The minimum absolute atomic E-state index is 0.00883. The molecule has 1 atom stereocenters. The van der Waals surface area contributed by atoms with Gasteiger partial charge in [0.1, 0.15) is 6.04 Å². The summed E-state index contributed by atoms with van der Waals surface area (Å²) < 4.78 is 28.5. The van der Waals surface area contributed by atoms with Crippen LogP contribution in [0.15, 0.2) is 83.8 Å². The van der Waals surface area contributed by atoms with Crippen LogP contribution >= 0.6 is 11.6 Å². The summed E-state index contributed by atoms with van der Waals surface area (Å²) in [6.07, 6.45) is 0.152. The van der Waals surface area contributed by atoms with Gasteiger partial charge in [-0.1, -0.05) is 41.9 Å². The number of carbonyl (C=O) groups is 2. The Hall–Kier alpha value is -3.24. The third-order valence-electron chi connectivity index (χ3n) is 6.21. The van der Waals surface area contributed by atoms with Crippen LogP contribution in [0.5, 0.6) is 0 Å². The molecule has 3 aromatic rings. The molecular formula is C27H29ClN4O4S. The monoisotopic (exact) mass is 540 g/mol. The first kappa shape index (κ1) is 26.8. The van der Waals surface area contributed by atoms with Gasteiger partial charge in [-0.25, -0.2) is 8.42 Å². The third kappa shape index (κ3) is 7.17. The number of halogens is 1. The van der Waals surface area contributed by atoms with Crippen LogP contribution in [0.1, 0.15) is 15.9 Å². The highest BCUT2D eigenvalue weighted by Crippen LogP contribution is 2.17. The quantitative estimate of drug-likeness (QED) is 0.457. The molecule has 0 unspecified atom stereocenters. The second-order valence-electron chi connectivity index (χ2n) is 8.98. The molecule has 2 N–H and O–H groups in total. The van der Waals surface area contributed by atoms with E-state index in [1.54, 1.807) is 24.3 Å². The van der Waals surface area contributed by atoms with Gasteiger partial charge in [-0.15, -0.1) is 0 Å². The van der Waals surface area contributed by atoms with Gasteiger partial charge < -0.3 is 15.1 Å². The SMILES string of the molecule is CN1CCN(C(=O)c2ccc(NC(=O)[C@@H](Cc3ccccc3)NS(=O)(=O)c3ccc(Cl)cc3)cc2)CC1. The number of sulfonamides is 1. The van der Waals surface area contributed by atoms with Crippen molar-refractivity contribution in [2.45, 2.75) is 17.4 Å². The zero-order chi connectivity index (χ0) is 26.4. The van der Waals surface area contributed by atoms with Crippen LogP contribution in [0.2, 0.25) is 5.02 Å².